The molecule has 0 saturated carbocycles. The lowest BCUT2D eigenvalue weighted by Crippen LogP contribution is -2.54. The maximum atomic E-state index is 15.1. The van der Waals surface area contributed by atoms with Gasteiger partial charge in [0.05, 0.1) is 17.2 Å². The van der Waals surface area contributed by atoms with Crippen molar-refractivity contribution in [3.63, 3.8) is 0 Å². The molecule has 2 aromatic carbocycles. The smallest absolute Gasteiger partial charge is 0.270 e. The van der Waals surface area contributed by atoms with E-state index in [1.54, 1.807) is 25.2 Å². The van der Waals surface area contributed by atoms with Crippen molar-refractivity contribution in [1.29, 1.82) is 10.5 Å². The van der Waals surface area contributed by atoms with E-state index in [1.807, 2.05) is 28.9 Å². The fourth-order valence-electron chi connectivity index (χ4n) is 5.34. The van der Waals surface area contributed by atoms with Crippen molar-refractivity contribution in [2.24, 2.45) is 7.05 Å². The number of piperazine rings is 1. The quantitative estimate of drug-likeness (QED) is 0.390. The Morgan fingerprint density at radius 1 is 0.974 bits per heavy atom. The third-order valence-corrected chi connectivity index (χ3v) is 7.21. The fraction of sp³-hybridized carbons (Fsp3) is 0.241. The fourth-order valence-corrected chi connectivity index (χ4v) is 5.34. The predicted molar refractivity (Wildman–Crippen MR) is 139 cm³/mol. The van der Waals surface area contributed by atoms with E-state index >= 15 is 4.39 Å². The Morgan fingerprint density at radius 2 is 1.69 bits per heavy atom. The minimum absolute atomic E-state index is 0.0760. The first-order valence-corrected chi connectivity index (χ1v) is 12.3. The van der Waals surface area contributed by atoms with Gasteiger partial charge in [-0.25, -0.2) is 18.2 Å². The van der Waals surface area contributed by atoms with Gasteiger partial charge in [-0.1, -0.05) is 18.2 Å². The lowest BCUT2D eigenvalue weighted by molar-refractivity contribution is 0.147. The van der Waals surface area contributed by atoms with E-state index in [1.165, 1.54) is 34.9 Å². The Hall–Kier alpha value is -4.67. The Bertz CT molecular complexity index is 1720. The Balaban J connectivity index is 1.58. The third kappa shape index (κ3) is 4.60. The molecule has 1 saturated heterocycles. The van der Waals surface area contributed by atoms with Gasteiger partial charge in [0.2, 0.25) is 0 Å². The highest BCUT2D eigenvalue weighted by atomic mass is 19.1. The minimum Gasteiger partial charge on any atom is -0.366 e. The largest absolute Gasteiger partial charge is 0.366 e. The van der Waals surface area contributed by atoms with Crippen molar-refractivity contribution in [2.45, 2.75) is 19.0 Å². The van der Waals surface area contributed by atoms with Crippen molar-refractivity contribution >= 4 is 16.7 Å². The molecule has 1 aliphatic rings. The number of pyridine rings is 2. The molecule has 1 aliphatic heterocycles. The van der Waals surface area contributed by atoms with E-state index in [0.29, 0.717) is 41.9 Å². The lowest BCUT2D eigenvalue weighted by Gasteiger charge is -2.45. The SMILES string of the molecule is C[C@@H]1CN(c2c(C#N)c(=O)n(C)c3ccc(C#N)nc23)CCN1C(c1ccc(F)cc1)c1ccc(F)cc1F. The number of aryl methyl sites for hydroxylation is 1. The second-order valence-electron chi connectivity index (χ2n) is 9.53. The lowest BCUT2D eigenvalue weighted by atomic mass is 9.94. The summed E-state index contributed by atoms with van der Waals surface area (Å²) in [6.45, 7) is 2.99. The Labute approximate surface area is 222 Å². The molecule has 2 aromatic heterocycles. The normalized spacial score (nSPS) is 16.6. The van der Waals surface area contributed by atoms with Crippen LogP contribution in [0.1, 0.15) is 35.3 Å². The average Bonchev–Trinajstić information content (AvgIpc) is 2.93. The van der Waals surface area contributed by atoms with Gasteiger partial charge in [-0.15, -0.1) is 0 Å². The zero-order valence-corrected chi connectivity index (χ0v) is 21.2. The molecule has 0 aliphatic carbocycles. The Morgan fingerprint density at radius 3 is 2.33 bits per heavy atom. The van der Waals surface area contributed by atoms with Crippen LogP contribution in [0.4, 0.5) is 18.9 Å². The zero-order valence-electron chi connectivity index (χ0n) is 21.2. The standard InChI is InChI=1S/C29H23F3N6O/c1-17-16-37(28-23(15-34)29(39)36(2)25-10-8-21(14-33)35-26(25)28)11-12-38(17)27(18-3-5-19(30)6-4-18)22-9-7-20(31)13-24(22)32/h3-10,13,17,27H,11-12,16H2,1-2H3/t17-,27?/m1/s1. The monoisotopic (exact) mass is 528 g/mol. The van der Waals surface area contributed by atoms with Crippen LogP contribution in [0.5, 0.6) is 0 Å². The number of rotatable bonds is 4. The van der Waals surface area contributed by atoms with Gasteiger partial charge in [0, 0.05) is 44.4 Å². The van der Waals surface area contributed by atoms with Crippen LogP contribution in [0.2, 0.25) is 0 Å². The summed E-state index contributed by atoms with van der Waals surface area (Å²) >= 11 is 0. The number of aromatic nitrogens is 2. The third-order valence-electron chi connectivity index (χ3n) is 7.21. The first-order chi connectivity index (χ1) is 18.7. The summed E-state index contributed by atoms with van der Waals surface area (Å²) in [6, 6.07) is 15.5. The number of benzene rings is 2. The molecule has 7 nitrogen and oxygen atoms in total. The minimum atomic E-state index is -0.712. The molecule has 1 unspecified atom stereocenters. The van der Waals surface area contributed by atoms with E-state index in [0.717, 1.165) is 6.07 Å². The van der Waals surface area contributed by atoms with Crippen LogP contribution in [-0.4, -0.2) is 40.1 Å². The maximum Gasteiger partial charge on any atom is 0.270 e. The van der Waals surface area contributed by atoms with E-state index in [-0.39, 0.29) is 22.9 Å². The van der Waals surface area contributed by atoms with Gasteiger partial charge in [0.15, 0.2) is 0 Å². The van der Waals surface area contributed by atoms with Crippen LogP contribution in [0.3, 0.4) is 0 Å². The molecule has 3 heterocycles. The number of nitrogens with zero attached hydrogens (tertiary/aromatic N) is 6. The van der Waals surface area contributed by atoms with Crippen molar-refractivity contribution in [3.8, 4) is 12.1 Å². The summed E-state index contributed by atoms with van der Waals surface area (Å²) in [5, 5.41) is 19.3. The molecule has 10 heteroatoms. The van der Waals surface area contributed by atoms with Gasteiger partial charge in [0.1, 0.15) is 46.4 Å². The van der Waals surface area contributed by atoms with Gasteiger partial charge >= 0.3 is 0 Å². The van der Waals surface area contributed by atoms with Gasteiger partial charge in [-0.3, -0.25) is 9.69 Å². The first-order valence-electron chi connectivity index (χ1n) is 12.3. The molecule has 0 spiro atoms. The van der Waals surface area contributed by atoms with Crippen LogP contribution in [-0.2, 0) is 7.05 Å². The van der Waals surface area contributed by atoms with Gasteiger partial charge in [0.25, 0.3) is 5.56 Å². The highest BCUT2D eigenvalue weighted by Crippen LogP contribution is 2.36. The first kappa shape index (κ1) is 26.0. The van der Waals surface area contributed by atoms with Crippen LogP contribution in [0.25, 0.3) is 11.0 Å². The molecular formula is C29H23F3N6O. The molecule has 5 rings (SSSR count). The maximum absolute atomic E-state index is 15.1. The molecule has 0 N–H and O–H groups in total. The predicted octanol–water partition coefficient (Wildman–Crippen LogP) is 4.39. The van der Waals surface area contributed by atoms with Crippen LogP contribution < -0.4 is 10.5 Å². The number of hydrogen-bond acceptors (Lipinski definition) is 6. The molecule has 1 fully saturated rings. The average molecular weight is 529 g/mol. The van der Waals surface area contributed by atoms with Gasteiger partial charge in [-0.2, -0.15) is 10.5 Å². The van der Waals surface area contributed by atoms with Crippen LogP contribution in [0, 0.1) is 40.1 Å². The van der Waals surface area contributed by atoms with E-state index in [4.69, 9.17) is 0 Å². The van der Waals surface area contributed by atoms with Crippen molar-refractivity contribution in [1.82, 2.24) is 14.5 Å². The summed E-state index contributed by atoms with van der Waals surface area (Å²) in [4.78, 5) is 21.4. The molecular weight excluding hydrogens is 505 g/mol. The topological polar surface area (TPSA) is 88.9 Å². The molecule has 39 heavy (non-hydrogen) atoms. The van der Waals surface area contributed by atoms with Crippen LogP contribution in [0.15, 0.2) is 59.4 Å². The van der Waals surface area contributed by atoms with E-state index in [9.17, 15) is 24.1 Å². The molecule has 4 aromatic rings. The number of halogens is 3. The second kappa shape index (κ2) is 10.2. The molecule has 0 amide bonds. The van der Waals surface area contributed by atoms with Gasteiger partial charge < -0.3 is 9.47 Å². The number of nitriles is 2. The second-order valence-corrected chi connectivity index (χ2v) is 9.53. The molecule has 196 valence electrons. The van der Waals surface area contributed by atoms with Crippen molar-refractivity contribution < 1.29 is 13.2 Å². The summed E-state index contributed by atoms with van der Waals surface area (Å²) in [5.41, 5.74) is 1.70. The van der Waals surface area contributed by atoms with Crippen molar-refractivity contribution in [2.75, 3.05) is 24.5 Å². The summed E-state index contributed by atoms with van der Waals surface area (Å²) in [7, 11) is 1.55. The Kier molecular flexibility index (Phi) is 6.81. The molecule has 2 atom stereocenters. The number of anilines is 1. The zero-order chi connectivity index (χ0) is 27.8. The number of fused-ring (bicyclic) bond motifs is 1. The van der Waals surface area contributed by atoms with Crippen LogP contribution >= 0.6 is 0 Å². The molecule has 0 bridgehead atoms. The highest BCUT2D eigenvalue weighted by Gasteiger charge is 2.35. The van der Waals surface area contributed by atoms with Gasteiger partial charge in [-0.05, 0) is 42.8 Å². The molecule has 0 radical (unpaired) electrons. The van der Waals surface area contributed by atoms with E-state index in [2.05, 4.69) is 4.98 Å². The number of hydrogen-bond donors (Lipinski definition) is 0. The van der Waals surface area contributed by atoms with E-state index < -0.39 is 29.1 Å². The summed E-state index contributed by atoms with van der Waals surface area (Å²) < 4.78 is 43.9. The highest BCUT2D eigenvalue weighted by molar-refractivity contribution is 5.92. The summed E-state index contributed by atoms with van der Waals surface area (Å²) in [5.74, 6) is -1.84. The summed E-state index contributed by atoms with van der Waals surface area (Å²) in [6.07, 6.45) is 0. The van der Waals surface area contributed by atoms with Crippen molar-refractivity contribution in [3.05, 3.63) is 105 Å².